The van der Waals surface area contributed by atoms with E-state index in [0.29, 0.717) is 17.1 Å². The van der Waals surface area contributed by atoms with Gasteiger partial charge < -0.3 is 4.74 Å². The number of rotatable bonds is 4. The van der Waals surface area contributed by atoms with Crippen LogP contribution in [0.25, 0.3) is 0 Å². The van der Waals surface area contributed by atoms with E-state index in [1.54, 1.807) is 43.5 Å². The summed E-state index contributed by atoms with van der Waals surface area (Å²) in [5.41, 5.74) is 2.36. The number of ether oxygens (including phenoxy) is 1. The van der Waals surface area contributed by atoms with Crippen LogP contribution in [0.5, 0.6) is 5.75 Å². The van der Waals surface area contributed by atoms with Crippen LogP contribution in [0.1, 0.15) is 12.5 Å². The van der Waals surface area contributed by atoms with Crippen LogP contribution in [0.4, 0.5) is 11.4 Å². The fourth-order valence-corrected chi connectivity index (χ4v) is 3.26. The van der Waals surface area contributed by atoms with Gasteiger partial charge in [0.1, 0.15) is 5.75 Å². The Kier molecular flexibility index (Phi) is 3.91. The van der Waals surface area contributed by atoms with Crippen molar-refractivity contribution in [1.82, 2.24) is 0 Å². The minimum atomic E-state index is -0.820. The van der Waals surface area contributed by atoms with Crippen LogP contribution >= 0.6 is 0 Å². The summed E-state index contributed by atoms with van der Waals surface area (Å²) in [7, 11) is 1.57. The maximum atomic E-state index is 13.0. The van der Waals surface area contributed by atoms with Crippen LogP contribution < -0.4 is 14.6 Å². The normalized spacial score (nSPS) is 21.5. The molecule has 2 heterocycles. The highest BCUT2D eigenvalue weighted by Crippen LogP contribution is 2.35. The van der Waals surface area contributed by atoms with Crippen LogP contribution in [0.15, 0.2) is 58.9 Å². The van der Waals surface area contributed by atoms with Gasteiger partial charge in [-0.05, 0) is 36.2 Å². The molecule has 2 amide bonds. The predicted molar refractivity (Wildman–Crippen MR) is 96.2 cm³/mol. The van der Waals surface area contributed by atoms with Crippen LogP contribution in [-0.2, 0) is 16.0 Å². The summed E-state index contributed by atoms with van der Waals surface area (Å²) in [6.45, 7) is 2.05. The SMILES string of the molecule is CCc1ccc(N2C(=O)[C@@H]3[C@@H](N=NN3c3cccc(OC)c3)C2=O)cc1. The van der Waals surface area contributed by atoms with E-state index in [1.807, 2.05) is 12.1 Å². The zero-order valence-electron chi connectivity index (χ0n) is 14.5. The van der Waals surface area contributed by atoms with E-state index in [0.717, 1.165) is 12.0 Å². The smallest absolute Gasteiger partial charge is 0.263 e. The first-order chi connectivity index (χ1) is 12.6. The van der Waals surface area contributed by atoms with Gasteiger partial charge in [-0.15, -0.1) is 0 Å². The molecule has 0 unspecified atom stereocenters. The Bertz CT molecular complexity index is 894. The third kappa shape index (κ3) is 2.44. The first kappa shape index (κ1) is 16.3. The number of anilines is 2. The minimum Gasteiger partial charge on any atom is -0.497 e. The number of nitrogens with zero attached hydrogens (tertiary/aromatic N) is 4. The van der Waals surface area contributed by atoms with Gasteiger partial charge in [0.05, 0.1) is 18.5 Å². The number of methoxy groups -OCH3 is 1. The molecule has 0 spiro atoms. The molecule has 0 saturated carbocycles. The zero-order chi connectivity index (χ0) is 18.3. The van der Waals surface area contributed by atoms with Crippen molar-refractivity contribution in [2.45, 2.75) is 25.4 Å². The van der Waals surface area contributed by atoms with Gasteiger partial charge in [0.15, 0.2) is 12.1 Å². The summed E-state index contributed by atoms with van der Waals surface area (Å²) in [5.74, 6) is -0.0274. The van der Waals surface area contributed by atoms with Gasteiger partial charge in [-0.3, -0.25) is 9.59 Å². The van der Waals surface area contributed by atoms with E-state index in [-0.39, 0.29) is 11.8 Å². The lowest BCUT2D eigenvalue weighted by molar-refractivity contribution is -0.121. The monoisotopic (exact) mass is 350 g/mol. The summed E-state index contributed by atoms with van der Waals surface area (Å²) in [5, 5.41) is 9.60. The topological polar surface area (TPSA) is 74.6 Å². The van der Waals surface area contributed by atoms with E-state index >= 15 is 0 Å². The third-order valence-corrected chi connectivity index (χ3v) is 4.70. The fraction of sp³-hybridized carbons (Fsp3) is 0.263. The predicted octanol–water partition coefficient (Wildman–Crippen LogP) is 2.76. The summed E-state index contributed by atoms with van der Waals surface area (Å²) >= 11 is 0. The highest BCUT2D eigenvalue weighted by Gasteiger charge is 2.55. The Balaban J connectivity index is 1.66. The van der Waals surface area contributed by atoms with Gasteiger partial charge in [-0.2, -0.15) is 5.11 Å². The first-order valence-corrected chi connectivity index (χ1v) is 8.45. The summed E-state index contributed by atoms with van der Waals surface area (Å²) in [4.78, 5) is 27.0. The van der Waals surface area contributed by atoms with Crippen LogP contribution in [0, 0.1) is 0 Å². The van der Waals surface area contributed by atoms with Crippen molar-refractivity contribution < 1.29 is 14.3 Å². The van der Waals surface area contributed by atoms with Crippen molar-refractivity contribution in [2.24, 2.45) is 10.3 Å². The second-order valence-electron chi connectivity index (χ2n) is 6.17. The van der Waals surface area contributed by atoms with Crippen LogP contribution in [0.2, 0.25) is 0 Å². The molecule has 4 rings (SSSR count). The standard InChI is InChI=1S/C19H18N4O3/c1-3-12-7-9-13(10-8-12)22-18(24)16-17(19(22)25)23(21-20-16)14-5-4-6-15(11-14)26-2/h4-11,16-17H,3H2,1-2H3/t16-,17+/m1/s1. The molecular weight excluding hydrogens is 332 g/mol. The molecule has 0 bridgehead atoms. The summed E-state index contributed by atoms with van der Waals surface area (Å²) in [6, 6.07) is 13.0. The molecule has 132 valence electrons. The molecule has 2 aromatic rings. The van der Waals surface area contributed by atoms with E-state index < -0.39 is 12.1 Å². The highest BCUT2D eigenvalue weighted by molar-refractivity contribution is 6.26. The van der Waals surface area contributed by atoms with E-state index in [9.17, 15) is 9.59 Å². The lowest BCUT2D eigenvalue weighted by atomic mass is 10.1. The lowest BCUT2D eigenvalue weighted by Gasteiger charge is -2.21. The molecule has 0 radical (unpaired) electrons. The van der Waals surface area contributed by atoms with Crippen LogP contribution in [-0.4, -0.2) is 31.0 Å². The molecule has 1 saturated heterocycles. The van der Waals surface area contributed by atoms with Gasteiger partial charge in [-0.1, -0.05) is 30.3 Å². The molecule has 2 aromatic carbocycles. The van der Waals surface area contributed by atoms with Gasteiger partial charge in [0, 0.05) is 6.07 Å². The molecule has 0 N–H and O–H groups in total. The Morgan fingerprint density at radius 3 is 2.50 bits per heavy atom. The average molecular weight is 350 g/mol. The number of carbonyl (C=O) groups is 2. The van der Waals surface area contributed by atoms with E-state index in [1.165, 1.54) is 9.91 Å². The first-order valence-electron chi connectivity index (χ1n) is 8.45. The molecule has 7 heteroatoms. The van der Waals surface area contributed by atoms with Gasteiger partial charge in [0.2, 0.25) is 0 Å². The Morgan fingerprint density at radius 1 is 1.04 bits per heavy atom. The van der Waals surface area contributed by atoms with Crippen molar-refractivity contribution >= 4 is 23.2 Å². The van der Waals surface area contributed by atoms with Crippen molar-refractivity contribution in [3.05, 3.63) is 54.1 Å². The number of hydrogen-bond donors (Lipinski definition) is 0. The lowest BCUT2D eigenvalue weighted by Crippen LogP contribution is -2.39. The third-order valence-electron chi connectivity index (χ3n) is 4.70. The maximum absolute atomic E-state index is 13.0. The Labute approximate surface area is 150 Å². The second kappa shape index (κ2) is 6.25. The number of benzene rings is 2. The number of aryl methyl sites for hydroxylation is 1. The maximum Gasteiger partial charge on any atom is 0.263 e. The average Bonchev–Trinajstić information content (AvgIpc) is 3.22. The molecule has 1 fully saturated rings. The molecule has 26 heavy (non-hydrogen) atoms. The number of hydrogen-bond acceptors (Lipinski definition) is 6. The molecule has 7 nitrogen and oxygen atoms in total. The number of amides is 2. The quantitative estimate of drug-likeness (QED) is 0.795. The van der Waals surface area contributed by atoms with Crippen molar-refractivity contribution in [2.75, 3.05) is 17.0 Å². The van der Waals surface area contributed by atoms with Gasteiger partial charge in [0.25, 0.3) is 11.8 Å². The second-order valence-corrected chi connectivity index (χ2v) is 6.17. The fourth-order valence-electron chi connectivity index (χ4n) is 3.26. The molecule has 2 aliphatic heterocycles. The molecule has 0 aliphatic carbocycles. The van der Waals surface area contributed by atoms with Gasteiger partial charge >= 0.3 is 0 Å². The van der Waals surface area contributed by atoms with E-state index in [4.69, 9.17) is 4.74 Å². The number of imide groups is 1. The molecule has 2 atom stereocenters. The largest absolute Gasteiger partial charge is 0.497 e. The number of carbonyl (C=O) groups excluding carboxylic acids is 2. The summed E-state index contributed by atoms with van der Waals surface area (Å²) in [6.07, 6.45) is 0.894. The molecule has 2 aliphatic rings. The Hall–Kier alpha value is -3.22. The zero-order valence-corrected chi connectivity index (χ0v) is 14.5. The van der Waals surface area contributed by atoms with Crippen LogP contribution in [0.3, 0.4) is 0 Å². The minimum absolute atomic E-state index is 0.322. The highest BCUT2D eigenvalue weighted by atomic mass is 16.5. The van der Waals surface area contributed by atoms with E-state index in [2.05, 4.69) is 17.3 Å². The van der Waals surface area contributed by atoms with Gasteiger partial charge in [-0.25, -0.2) is 9.91 Å². The Morgan fingerprint density at radius 2 is 1.81 bits per heavy atom. The molecular formula is C19H18N4O3. The van der Waals surface area contributed by atoms with Crippen molar-refractivity contribution in [3.8, 4) is 5.75 Å². The number of fused-ring (bicyclic) bond motifs is 1. The van der Waals surface area contributed by atoms with Crippen molar-refractivity contribution in [3.63, 3.8) is 0 Å². The summed E-state index contributed by atoms with van der Waals surface area (Å²) < 4.78 is 5.22. The molecule has 0 aromatic heterocycles. The van der Waals surface area contributed by atoms with Crippen molar-refractivity contribution in [1.29, 1.82) is 0 Å².